The first-order chi connectivity index (χ1) is 5.40. The van der Waals surface area contributed by atoms with Crippen molar-refractivity contribution in [2.75, 3.05) is 0 Å². The molecule has 2 rings (SSSR count). The summed E-state index contributed by atoms with van der Waals surface area (Å²) in [6, 6.07) is 0. The van der Waals surface area contributed by atoms with Crippen LogP contribution in [0.3, 0.4) is 0 Å². The Hall–Kier alpha value is -0.980. The molecule has 0 spiro atoms. The second kappa shape index (κ2) is 2.57. The first-order valence-electron chi connectivity index (χ1n) is 4.08. The van der Waals surface area contributed by atoms with E-state index in [1.807, 2.05) is 6.08 Å². The lowest BCUT2D eigenvalue weighted by Gasteiger charge is -2.26. The van der Waals surface area contributed by atoms with E-state index in [0.29, 0.717) is 5.92 Å². The van der Waals surface area contributed by atoms with Crippen molar-refractivity contribution in [3.63, 3.8) is 0 Å². The third-order valence-corrected chi connectivity index (χ3v) is 2.28. The lowest BCUT2D eigenvalue weighted by atomic mass is 9.98. The van der Waals surface area contributed by atoms with Gasteiger partial charge in [-0.1, -0.05) is 24.8 Å². The Morgan fingerprint density at radius 1 is 1.55 bits per heavy atom. The van der Waals surface area contributed by atoms with Gasteiger partial charge in [-0.2, -0.15) is 0 Å². The van der Waals surface area contributed by atoms with Crippen molar-refractivity contribution in [2.45, 2.75) is 18.9 Å². The van der Waals surface area contributed by atoms with Crippen LogP contribution in [0.2, 0.25) is 0 Å². The van der Waals surface area contributed by atoms with Crippen LogP contribution in [-0.2, 0) is 4.74 Å². The monoisotopic (exact) mass is 148 g/mol. The molecule has 2 atom stereocenters. The van der Waals surface area contributed by atoms with Gasteiger partial charge < -0.3 is 4.74 Å². The fraction of sp³-hybridized carbons (Fsp3) is 0.400. The average Bonchev–Trinajstić information content (AvgIpc) is 2.50. The summed E-state index contributed by atoms with van der Waals surface area (Å²) < 4.78 is 5.64. The van der Waals surface area contributed by atoms with Gasteiger partial charge in [-0.3, -0.25) is 0 Å². The van der Waals surface area contributed by atoms with E-state index in [-0.39, 0.29) is 6.10 Å². The van der Waals surface area contributed by atoms with Crippen LogP contribution in [0, 0.1) is 5.92 Å². The summed E-state index contributed by atoms with van der Waals surface area (Å²) in [6.07, 6.45) is 10.8. The molecule has 0 bridgehead atoms. The molecule has 1 aliphatic carbocycles. The van der Waals surface area contributed by atoms with E-state index >= 15 is 0 Å². The molecule has 0 aromatic rings. The second-order valence-corrected chi connectivity index (χ2v) is 3.03. The molecule has 2 aliphatic rings. The topological polar surface area (TPSA) is 9.23 Å². The van der Waals surface area contributed by atoms with Crippen LogP contribution in [0.4, 0.5) is 0 Å². The fourth-order valence-electron chi connectivity index (χ4n) is 1.61. The lowest BCUT2D eigenvalue weighted by Crippen LogP contribution is -2.19. The molecule has 1 fully saturated rings. The predicted molar refractivity (Wildman–Crippen MR) is 45.0 cm³/mol. The molecule has 0 radical (unpaired) electrons. The average molecular weight is 148 g/mol. The van der Waals surface area contributed by atoms with Gasteiger partial charge in [0.1, 0.15) is 11.9 Å². The van der Waals surface area contributed by atoms with Gasteiger partial charge >= 0.3 is 0 Å². The van der Waals surface area contributed by atoms with Crippen LogP contribution in [0.25, 0.3) is 0 Å². The van der Waals surface area contributed by atoms with Crippen molar-refractivity contribution in [2.24, 2.45) is 5.92 Å². The smallest absolute Gasteiger partial charge is 0.116 e. The third-order valence-electron chi connectivity index (χ3n) is 2.28. The van der Waals surface area contributed by atoms with Crippen LogP contribution >= 0.6 is 0 Å². The van der Waals surface area contributed by atoms with E-state index < -0.39 is 0 Å². The van der Waals surface area contributed by atoms with Gasteiger partial charge in [-0.15, -0.1) is 0 Å². The summed E-state index contributed by atoms with van der Waals surface area (Å²) in [5.41, 5.74) is 0. The molecule has 1 nitrogen and oxygen atoms in total. The molecule has 0 N–H and O–H groups in total. The molecule has 0 saturated carbocycles. The summed E-state index contributed by atoms with van der Waals surface area (Å²) in [4.78, 5) is 0. The second-order valence-electron chi connectivity index (χ2n) is 3.03. The molecular formula is C10H12O. The van der Waals surface area contributed by atoms with Crippen molar-refractivity contribution < 1.29 is 4.74 Å². The molecule has 1 heterocycles. The van der Waals surface area contributed by atoms with E-state index in [4.69, 9.17) is 4.74 Å². The normalized spacial score (nSPS) is 34.0. The fourth-order valence-corrected chi connectivity index (χ4v) is 1.61. The summed E-state index contributed by atoms with van der Waals surface area (Å²) in [6.45, 7) is 3.73. The van der Waals surface area contributed by atoms with Crippen LogP contribution < -0.4 is 0 Å². The molecule has 1 aliphatic heterocycles. The van der Waals surface area contributed by atoms with Gasteiger partial charge in [0.05, 0.1) is 0 Å². The van der Waals surface area contributed by atoms with Gasteiger partial charge in [0, 0.05) is 5.92 Å². The highest BCUT2D eigenvalue weighted by Crippen LogP contribution is 2.32. The Bertz CT molecular complexity index is 225. The number of fused-ring (bicyclic) bond motifs is 1. The maximum atomic E-state index is 5.64. The predicted octanol–water partition coefficient (Wildman–Crippen LogP) is 2.42. The van der Waals surface area contributed by atoms with E-state index in [0.717, 1.165) is 12.2 Å². The minimum atomic E-state index is 0.248. The zero-order valence-corrected chi connectivity index (χ0v) is 6.49. The molecular weight excluding hydrogens is 136 g/mol. The number of hydrogen-bond donors (Lipinski definition) is 0. The van der Waals surface area contributed by atoms with Crippen molar-refractivity contribution in [1.82, 2.24) is 0 Å². The number of ether oxygens (including phenoxy) is 1. The van der Waals surface area contributed by atoms with Crippen LogP contribution in [0.15, 0.2) is 36.6 Å². The van der Waals surface area contributed by atoms with E-state index in [9.17, 15) is 0 Å². The van der Waals surface area contributed by atoms with Crippen LogP contribution in [0.1, 0.15) is 12.8 Å². The van der Waals surface area contributed by atoms with Gasteiger partial charge in [0.25, 0.3) is 0 Å². The lowest BCUT2D eigenvalue weighted by molar-refractivity contribution is 0.0920. The van der Waals surface area contributed by atoms with Gasteiger partial charge in [-0.05, 0) is 18.9 Å². The van der Waals surface area contributed by atoms with Gasteiger partial charge in [0.2, 0.25) is 0 Å². The highest BCUT2D eigenvalue weighted by atomic mass is 16.5. The highest BCUT2D eigenvalue weighted by molar-refractivity contribution is 5.24. The van der Waals surface area contributed by atoms with E-state index in [1.54, 1.807) is 0 Å². The molecule has 2 unspecified atom stereocenters. The Morgan fingerprint density at radius 3 is 3.27 bits per heavy atom. The Morgan fingerprint density at radius 2 is 2.45 bits per heavy atom. The van der Waals surface area contributed by atoms with Crippen molar-refractivity contribution in [3.8, 4) is 0 Å². The van der Waals surface area contributed by atoms with E-state index in [1.165, 1.54) is 6.42 Å². The van der Waals surface area contributed by atoms with Crippen molar-refractivity contribution >= 4 is 0 Å². The zero-order chi connectivity index (χ0) is 7.68. The third kappa shape index (κ3) is 1.11. The van der Waals surface area contributed by atoms with Gasteiger partial charge in [-0.25, -0.2) is 0 Å². The zero-order valence-electron chi connectivity index (χ0n) is 6.49. The summed E-state index contributed by atoms with van der Waals surface area (Å²) in [7, 11) is 0. The molecule has 0 aromatic heterocycles. The van der Waals surface area contributed by atoms with Crippen molar-refractivity contribution in [3.05, 3.63) is 36.6 Å². The molecule has 1 saturated heterocycles. The Kier molecular flexibility index (Phi) is 1.57. The Balaban J connectivity index is 2.09. The maximum Gasteiger partial charge on any atom is 0.116 e. The maximum absolute atomic E-state index is 5.64. The quantitative estimate of drug-likeness (QED) is 0.519. The summed E-state index contributed by atoms with van der Waals surface area (Å²) >= 11 is 0. The van der Waals surface area contributed by atoms with Crippen molar-refractivity contribution in [1.29, 1.82) is 0 Å². The number of allylic oxidation sites excluding steroid dienone is 3. The Labute approximate surface area is 67.1 Å². The number of rotatable bonds is 1. The van der Waals surface area contributed by atoms with Gasteiger partial charge in [0.15, 0.2) is 0 Å². The first-order valence-corrected chi connectivity index (χ1v) is 4.08. The highest BCUT2D eigenvalue weighted by Gasteiger charge is 2.24. The molecule has 0 amide bonds. The summed E-state index contributed by atoms with van der Waals surface area (Å²) in [5, 5.41) is 0. The SMILES string of the molecule is C=CC1CCC2C=CC=C2O1. The minimum Gasteiger partial charge on any atom is -0.490 e. The first kappa shape index (κ1) is 6.71. The molecule has 11 heavy (non-hydrogen) atoms. The van der Waals surface area contributed by atoms with Crippen LogP contribution in [-0.4, -0.2) is 6.10 Å². The number of hydrogen-bond acceptors (Lipinski definition) is 1. The molecule has 0 aromatic carbocycles. The minimum absolute atomic E-state index is 0.248. The largest absolute Gasteiger partial charge is 0.490 e. The molecule has 58 valence electrons. The van der Waals surface area contributed by atoms with Crippen LogP contribution in [0.5, 0.6) is 0 Å². The standard InChI is InChI=1S/C10H12O/c1-2-9-7-6-8-4-3-5-10(8)11-9/h2-5,8-9H,1,6-7H2. The van der Waals surface area contributed by atoms with E-state index in [2.05, 4.69) is 24.8 Å². The molecule has 1 heteroatoms. The summed E-state index contributed by atoms with van der Waals surface area (Å²) in [5.74, 6) is 1.69.